The highest BCUT2D eigenvalue weighted by Crippen LogP contribution is 2.45. The molecule has 0 fully saturated rings. The first-order chi connectivity index (χ1) is 28.2. The number of rotatable bonds is 6. The van der Waals surface area contributed by atoms with Gasteiger partial charge in [-0.3, -0.25) is 0 Å². The molecule has 4 heteroatoms. The number of anilines is 3. The fraction of sp³-hybridized carbons (Fsp3) is 0.0189. The summed E-state index contributed by atoms with van der Waals surface area (Å²) in [4.78, 5) is 12.6. The molecule has 0 N–H and O–H groups in total. The summed E-state index contributed by atoms with van der Waals surface area (Å²) in [5, 5.41) is 2.43. The molecule has 8 aromatic carbocycles. The van der Waals surface area contributed by atoms with Crippen LogP contribution in [-0.4, -0.2) is 14.5 Å². The molecule has 0 saturated heterocycles. The smallest absolute Gasteiger partial charge is 0.160 e. The second kappa shape index (κ2) is 13.6. The van der Waals surface area contributed by atoms with Crippen LogP contribution in [0.1, 0.15) is 11.1 Å². The van der Waals surface area contributed by atoms with E-state index in [0.717, 1.165) is 57.0 Å². The van der Waals surface area contributed by atoms with Crippen LogP contribution < -0.4 is 4.90 Å². The van der Waals surface area contributed by atoms with Crippen molar-refractivity contribution in [3.05, 3.63) is 217 Å². The van der Waals surface area contributed by atoms with E-state index >= 15 is 0 Å². The quantitative estimate of drug-likeness (QED) is 0.171. The summed E-state index contributed by atoms with van der Waals surface area (Å²) in [6.07, 6.45) is 0.933. The minimum atomic E-state index is 0.702. The first-order valence-corrected chi connectivity index (χ1v) is 19.5. The highest BCUT2D eigenvalue weighted by molar-refractivity contribution is 6.10. The Morgan fingerprint density at radius 2 is 0.895 bits per heavy atom. The molecule has 0 radical (unpaired) electrons. The lowest BCUT2D eigenvalue weighted by Crippen LogP contribution is -2.18. The zero-order valence-electron chi connectivity index (χ0n) is 31.1. The van der Waals surface area contributed by atoms with E-state index in [1.54, 1.807) is 0 Å². The number of hydrogen-bond acceptors (Lipinski definition) is 3. The van der Waals surface area contributed by atoms with Crippen molar-refractivity contribution >= 4 is 38.9 Å². The fourth-order valence-electron chi connectivity index (χ4n) is 8.50. The summed E-state index contributed by atoms with van der Waals surface area (Å²) >= 11 is 0. The first-order valence-electron chi connectivity index (χ1n) is 19.5. The minimum absolute atomic E-state index is 0.702. The highest BCUT2D eigenvalue weighted by Gasteiger charge is 2.24. The van der Waals surface area contributed by atoms with Gasteiger partial charge in [0.2, 0.25) is 0 Å². The monoisotopic (exact) mass is 728 g/mol. The molecule has 2 aromatic heterocycles. The average molecular weight is 729 g/mol. The third-order valence-corrected chi connectivity index (χ3v) is 11.2. The lowest BCUT2D eigenvalue weighted by molar-refractivity contribution is 1.08. The molecule has 0 saturated carbocycles. The molecule has 1 aliphatic rings. The van der Waals surface area contributed by atoms with Crippen LogP contribution in [0, 0.1) is 0 Å². The van der Waals surface area contributed by atoms with E-state index in [9.17, 15) is 0 Å². The SMILES string of the molecule is c1ccc(-c2cc(-c3ccccc3)nc(-c3cccc(-c4ccc5c(c4)c4ccccc4n5-c4cccc(N5c6ccccc6Cc6ccccc65)c4)c3)n2)cc1. The number of para-hydroxylation sites is 3. The Morgan fingerprint density at radius 3 is 1.61 bits per heavy atom. The van der Waals surface area contributed by atoms with Crippen molar-refractivity contribution in [3.8, 4) is 50.7 Å². The molecule has 3 heterocycles. The van der Waals surface area contributed by atoms with Crippen LogP contribution in [-0.2, 0) is 6.42 Å². The van der Waals surface area contributed by atoms with Gasteiger partial charge in [0.15, 0.2) is 5.82 Å². The number of hydrogen-bond donors (Lipinski definition) is 0. The summed E-state index contributed by atoms with van der Waals surface area (Å²) in [5.74, 6) is 0.702. The van der Waals surface area contributed by atoms with Gasteiger partial charge in [0.25, 0.3) is 0 Å². The van der Waals surface area contributed by atoms with E-state index in [4.69, 9.17) is 9.97 Å². The van der Waals surface area contributed by atoms with Gasteiger partial charge in [0, 0.05) is 56.6 Å². The van der Waals surface area contributed by atoms with Gasteiger partial charge >= 0.3 is 0 Å². The van der Waals surface area contributed by atoms with Gasteiger partial charge in [-0.15, -0.1) is 0 Å². The largest absolute Gasteiger partial charge is 0.310 e. The van der Waals surface area contributed by atoms with Crippen molar-refractivity contribution < 1.29 is 0 Å². The normalized spacial score (nSPS) is 12.1. The van der Waals surface area contributed by atoms with Crippen LogP contribution in [0.25, 0.3) is 72.5 Å². The number of benzene rings is 8. The molecule has 0 aliphatic carbocycles. The maximum Gasteiger partial charge on any atom is 0.160 e. The Balaban J connectivity index is 1.02. The van der Waals surface area contributed by atoms with E-state index in [-0.39, 0.29) is 0 Å². The topological polar surface area (TPSA) is 34.0 Å². The Kier molecular flexibility index (Phi) is 7.85. The van der Waals surface area contributed by atoms with Crippen LogP contribution in [0.4, 0.5) is 17.1 Å². The van der Waals surface area contributed by atoms with Gasteiger partial charge in [-0.05, 0) is 82.9 Å². The van der Waals surface area contributed by atoms with E-state index in [1.165, 1.54) is 44.3 Å². The highest BCUT2D eigenvalue weighted by atomic mass is 15.2. The average Bonchev–Trinajstić information content (AvgIpc) is 3.62. The van der Waals surface area contributed by atoms with E-state index in [1.807, 2.05) is 12.1 Å². The first kappa shape index (κ1) is 32.8. The van der Waals surface area contributed by atoms with Crippen LogP contribution >= 0.6 is 0 Å². The molecule has 57 heavy (non-hydrogen) atoms. The Labute approximate surface area is 331 Å². The Morgan fingerprint density at radius 1 is 0.351 bits per heavy atom. The lowest BCUT2D eigenvalue weighted by Gasteiger charge is -2.33. The molecule has 4 nitrogen and oxygen atoms in total. The molecule has 0 bridgehead atoms. The molecule has 0 atom stereocenters. The zero-order valence-corrected chi connectivity index (χ0v) is 31.1. The van der Waals surface area contributed by atoms with Crippen LogP contribution in [0.2, 0.25) is 0 Å². The summed E-state index contributed by atoms with van der Waals surface area (Å²) in [5.41, 5.74) is 16.9. The van der Waals surface area contributed by atoms with Gasteiger partial charge in [0.05, 0.1) is 22.4 Å². The second-order valence-electron chi connectivity index (χ2n) is 14.6. The standard InChI is InChI=1S/C53H36N4/c1-3-15-36(16-4-1)47-35-48(37-17-5-2-6-18-37)55-53(54-47)42-22-13-21-38(31-42)39-29-30-52-46(33-39)45-25-9-12-28-51(45)57(52)44-24-14-23-43(34-44)56-49-26-10-7-19-40(49)32-41-20-8-11-27-50(41)56/h1-31,33-35H,32H2. The van der Waals surface area contributed by atoms with Crippen molar-refractivity contribution in [2.45, 2.75) is 6.42 Å². The van der Waals surface area contributed by atoms with Gasteiger partial charge in [-0.2, -0.15) is 0 Å². The Hall–Kier alpha value is -7.56. The summed E-state index contributed by atoms with van der Waals surface area (Å²) < 4.78 is 2.41. The van der Waals surface area contributed by atoms with E-state index < -0.39 is 0 Å². The predicted octanol–water partition coefficient (Wildman–Crippen LogP) is 13.6. The third-order valence-electron chi connectivity index (χ3n) is 11.2. The molecule has 268 valence electrons. The van der Waals surface area contributed by atoms with Crippen molar-refractivity contribution in [3.63, 3.8) is 0 Å². The zero-order chi connectivity index (χ0) is 37.7. The van der Waals surface area contributed by atoms with Crippen molar-refractivity contribution in [1.29, 1.82) is 0 Å². The van der Waals surface area contributed by atoms with Crippen molar-refractivity contribution in [2.75, 3.05) is 4.90 Å². The Bertz CT molecular complexity index is 3010. The molecule has 10 aromatic rings. The number of fused-ring (bicyclic) bond motifs is 5. The van der Waals surface area contributed by atoms with E-state index in [2.05, 4.69) is 204 Å². The van der Waals surface area contributed by atoms with Gasteiger partial charge in [-0.25, -0.2) is 9.97 Å². The van der Waals surface area contributed by atoms with Gasteiger partial charge in [-0.1, -0.05) is 146 Å². The summed E-state index contributed by atoms with van der Waals surface area (Å²) in [6.45, 7) is 0. The van der Waals surface area contributed by atoms with Crippen LogP contribution in [0.3, 0.4) is 0 Å². The molecule has 11 rings (SSSR count). The second-order valence-corrected chi connectivity index (χ2v) is 14.6. The molecule has 1 aliphatic heterocycles. The minimum Gasteiger partial charge on any atom is -0.310 e. The lowest BCUT2D eigenvalue weighted by atomic mass is 9.95. The summed E-state index contributed by atoms with van der Waals surface area (Å²) in [7, 11) is 0. The van der Waals surface area contributed by atoms with Crippen LogP contribution in [0.5, 0.6) is 0 Å². The van der Waals surface area contributed by atoms with Gasteiger partial charge < -0.3 is 9.47 Å². The fourth-order valence-corrected chi connectivity index (χ4v) is 8.50. The van der Waals surface area contributed by atoms with E-state index in [0.29, 0.717) is 5.82 Å². The number of nitrogens with zero attached hydrogens (tertiary/aromatic N) is 4. The predicted molar refractivity (Wildman–Crippen MR) is 236 cm³/mol. The molecular weight excluding hydrogens is 693 g/mol. The molecule has 0 spiro atoms. The van der Waals surface area contributed by atoms with Crippen LogP contribution in [0.15, 0.2) is 206 Å². The molecular formula is C53H36N4. The summed E-state index contributed by atoms with van der Waals surface area (Å²) in [6, 6.07) is 73.5. The third kappa shape index (κ3) is 5.78. The molecule has 0 unspecified atom stereocenters. The molecule has 0 amide bonds. The number of aromatic nitrogens is 3. The van der Waals surface area contributed by atoms with Gasteiger partial charge in [0.1, 0.15) is 0 Å². The maximum absolute atomic E-state index is 5.11. The van der Waals surface area contributed by atoms with Crippen molar-refractivity contribution in [1.82, 2.24) is 14.5 Å². The maximum atomic E-state index is 5.11. The van der Waals surface area contributed by atoms with Crippen molar-refractivity contribution in [2.24, 2.45) is 0 Å².